The van der Waals surface area contributed by atoms with Crippen LogP contribution in [0.4, 0.5) is 5.69 Å². The standard InChI is InChI=1S/C15H20N2O3/c1-10-7-17(8-11(9-18)20-10)15(19)13-6-16-14-5-3-2-4-12(13)14/h2-5,10-11,13,16,18H,6-9H2,1H3. The van der Waals surface area contributed by atoms with E-state index in [0.29, 0.717) is 19.6 Å². The lowest BCUT2D eigenvalue weighted by atomic mass is 9.99. The van der Waals surface area contributed by atoms with Gasteiger partial charge in [0.1, 0.15) is 0 Å². The number of para-hydroxylation sites is 1. The van der Waals surface area contributed by atoms with Gasteiger partial charge in [-0.15, -0.1) is 0 Å². The summed E-state index contributed by atoms with van der Waals surface area (Å²) >= 11 is 0. The minimum Gasteiger partial charge on any atom is -0.394 e. The summed E-state index contributed by atoms with van der Waals surface area (Å²) in [6.45, 7) is 3.59. The topological polar surface area (TPSA) is 61.8 Å². The Morgan fingerprint density at radius 1 is 1.45 bits per heavy atom. The number of amides is 1. The van der Waals surface area contributed by atoms with Crippen LogP contribution in [-0.2, 0) is 9.53 Å². The van der Waals surface area contributed by atoms with Crippen LogP contribution in [0.15, 0.2) is 24.3 Å². The molecule has 0 bridgehead atoms. The number of nitrogens with zero attached hydrogens (tertiary/aromatic N) is 1. The number of hydrogen-bond acceptors (Lipinski definition) is 4. The number of aliphatic hydroxyl groups is 1. The second-order valence-corrected chi connectivity index (χ2v) is 5.52. The Kier molecular flexibility index (Phi) is 3.63. The molecule has 1 aromatic rings. The molecule has 1 aromatic carbocycles. The molecule has 0 radical (unpaired) electrons. The maximum absolute atomic E-state index is 12.7. The summed E-state index contributed by atoms with van der Waals surface area (Å²) < 4.78 is 5.59. The summed E-state index contributed by atoms with van der Waals surface area (Å²) in [4.78, 5) is 14.5. The van der Waals surface area contributed by atoms with Gasteiger partial charge in [0.25, 0.3) is 0 Å². The van der Waals surface area contributed by atoms with Gasteiger partial charge in [-0.25, -0.2) is 0 Å². The molecule has 3 rings (SSSR count). The smallest absolute Gasteiger partial charge is 0.232 e. The van der Waals surface area contributed by atoms with Crippen molar-refractivity contribution >= 4 is 11.6 Å². The highest BCUT2D eigenvalue weighted by atomic mass is 16.5. The molecular formula is C15H20N2O3. The summed E-state index contributed by atoms with van der Waals surface area (Å²) in [6.07, 6.45) is -0.304. The monoisotopic (exact) mass is 276 g/mol. The molecule has 20 heavy (non-hydrogen) atoms. The minimum atomic E-state index is -0.271. The lowest BCUT2D eigenvalue weighted by molar-refractivity contribution is -0.148. The molecule has 2 N–H and O–H groups in total. The first kappa shape index (κ1) is 13.4. The molecule has 0 saturated carbocycles. The Morgan fingerprint density at radius 2 is 2.25 bits per heavy atom. The summed E-state index contributed by atoms with van der Waals surface area (Å²) in [5, 5.41) is 12.5. The van der Waals surface area contributed by atoms with E-state index in [2.05, 4.69) is 5.32 Å². The van der Waals surface area contributed by atoms with Crippen LogP contribution in [0.3, 0.4) is 0 Å². The van der Waals surface area contributed by atoms with Crippen LogP contribution in [0.1, 0.15) is 18.4 Å². The zero-order chi connectivity index (χ0) is 14.1. The van der Waals surface area contributed by atoms with Crippen LogP contribution in [0.5, 0.6) is 0 Å². The number of anilines is 1. The van der Waals surface area contributed by atoms with E-state index in [4.69, 9.17) is 4.74 Å². The molecule has 5 heteroatoms. The van der Waals surface area contributed by atoms with Gasteiger partial charge in [0.15, 0.2) is 0 Å². The SMILES string of the molecule is CC1CN(C(=O)C2CNc3ccccc32)CC(CO)O1. The van der Waals surface area contributed by atoms with Crippen LogP contribution in [0.2, 0.25) is 0 Å². The third-order valence-electron chi connectivity index (χ3n) is 3.97. The van der Waals surface area contributed by atoms with E-state index in [-0.39, 0.29) is 30.6 Å². The minimum absolute atomic E-state index is 0.0329. The average molecular weight is 276 g/mol. The maximum Gasteiger partial charge on any atom is 0.232 e. The lowest BCUT2D eigenvalue weighted by Crippen LogP contribution is -2.51. The molecule has 0 aromatic heterocycles. The van der Waals surface area contributed by atoms with Crippen molar-refractivity contribution in [2.75, 3.05) is 31.6 Å². The van der Waals surface area contributed by atoms with E-state index >= 15 is 0 Å². The number of carbonyl (C=O) groups is 1. The van der Waals surface area contributed by atoms with Gasteiger partial charge in [-0.1, -0.05) is 18.2 Å². The molecule has 3 unspecified atom stereocenters. The zero-order valence-corrected chi connectivity index (χ0v) is 11.6. The van der Waals surface area contributed by atoms with Crippen molar-refractivity contribution < 1.29 is 14.6 Å². The van der Waals surface area contributed by atoms with Gasteiger partial charge in [-0.3, -0.25) is 4.79 Å². The number of nitrogens with one attached hydrogen (secondary N) is 1. The normalized spacial score (nSPS) is 28.9. The van der Waals surface area contributed by atoms with Crippen molar-refractivity contribution in [3.63, 3.8) is 0 Å². The number of carbonyl (C=O) groups excluding carboxylic acids is 1. The average Bonchev–Trinajstić information content (AvgIpc) is 2.89. The zero-order valence-electron chi connectivity index (χ0n) is 11.6. The number of hydrogen-bond donors (Lipinski definition) is 2. The van der Waals surface area contributed by atoms with Crippen molar-refractivity contribution in [3.8, 4) is 0 Å². The van der Waals surface area contributed by atoms with Crippen molar-refractivity contribution in [1.82, 2.24) is 4.90 Å². The Morgan fingerprint density at radius 3 is 3.05 bits per heavy atom. The second-order valence-electron chi connectivity index (χ2n) is 5.52. The fourth-order valence-electron chi connectivity index (χ4n) is 3.05. The van der Waals surface area contributed by atoms with Crippen LogP contribution >= 0.6 is 0 Å². The van der Waals surface area contributed by atoms with E-state index in [9.17, 15) is 9.90 Å². The van der Waals surface area contributed by atoms with Crippen molar-refractivity contribution in [2.45, 2.75) is 25.0 Å². The van der Waals surface area contributed by atoms with E-state index in [1.165, 1.54) is 0 Å². The summed E-state index contributed by atoms with van der Waals surface area (Å²) in [6, 6.07) is 7.94. The van der Waals surface area contributed by atoms with Gasteiger partial charge < -0.3 is 20.1 Å². The van der Waals surface area contributed by atoms with Crippen molar-refractivity contribution in [2.24, 2.45) is 0 Å². The van der Waals surface area contributed by atoms with Crippen LogP contribution in [0, 0.1) is 0 Å². The summed E-state index contributed by atoms with van der Waals surface area (Å²) in [5.74, 6) is -0.00751. The number of benzene rings is 1. The molecule has 2 heterocycles. The largest absolute Gasteiger partial charge is 0.394 e. The third-order valence-corrected chi connectivity index (χ3v) is 3.97. The van der Waals surface area contributed by atoms with Crippen LogP contribution < -0.4 is 5.32 Å². The Balaban J connectivity index is 1.76. The van der Waals surface area contributed by atoms with E-state index in [1.54, 1.807) is 0 Å². The quantitative estimate of drug-likeness (QED) is 0.839. The third kappa shape index (κ3) is 2.39. The fourth-order valence-corrected chi connectivity index (χ4v) is 3.05. The fraction of sp³-hybridized carbons (Fsp3) is 0.533. The van der Waals surface area contributed by atoms with E-state index < -0.39 is 0 Å². The number of rotatable bonds is 2. The first-order chi connectivity index (χ1) is 9.69. The number of fused-ring (bicyclic) bond motifs is 1. The van der Waals surface area contributed by atoms with Gasteiger partial charge in [0.2, 0.25) is 5.91 Å². The molecule has 108 valence electrons. The van der Waals surface area contributed by atoms with E-state index in [0.717, 1.165) is 11.3 Å². The van der Waals surface area contributed by atoms with Gasteiger partial charge >= 0.3 is 0 Å². The highest BCUT2D eigenvalue weighted by Gasteiger charge is 2.35. The lowest BCUT2D eigenvalue weighted by Gasteiger charge is -2.37. The highest BCUT2D eigenvalue weighted by molar-refractivity contribution is 5.88. The Bertz CT molecular complexity index is 506. The summed E-state index contributed by atoms with van der Waals surface area (Å²) in [7, 11) is 0. The van der Waals surface area contributed by atoms with Crippen LogP contribution in [0.25, 0.3) is 0 Å². The number of ether oxygens (including phenoxy) is 1. The first-order valence-corrected chi connectivity index (χ1v) is 7.07. The molecule has 1 fully saturated rings. The molecule has 1 saturated heterocycles. The van der Waals surface area contributed by atoms with Gasteiger partial charge in [-0.2, -0.15) is 0 Å². The molecule has 2 aliphatic heterocycles. The summed E-state index contributed by atoms with van der Waals surface area (Å²) in [5.41, 5.74) is 2.11. The van der Waals surface area contributed by atoms with Crippen molar-refractivity contribution in [1.29, 1.82) is 0 Å². The first-order valence-electron chi connectivity index (χ1n) is 7.07. The molecule has 5 nitrogen and oxygen atoms in total. The maximum atomic E-state index is 12.7. The second kappa shape index (κ2) is 5.42. The highest BCUT2D eigenvalue weighted by Crippen LogP contribution is 2.32. The Labute approximate surface area is 118 Å². The van der Waals surface area contributed by atoms with Gasteiger partial charge in [0.05, 0.1) is 24.7 Å². The molecule has 1 amide bonds. The molecule has 2 aliphatic rings. The predicted octanol–water partition coefficient (Wildman–Crippen LogP) is 0.804. The number of morpholine rings is 1. The molecule has 0 spiro atoms. The predicted molar refractivity (Wildman–Crippen MR) is 75.7 cm³/mol. The van der Waals surface area contributed by atoms with Gasteiger partial charge in [-0.05, 0) is 18.6 Å². The molecule has 3 atom stereocenters. The molecule has 0 aliphatic carbocycles. The number of aliphatic hydroxyl groups excluding tert-OH is 1. The van der Waals surface area contributed by atoms with E-state index in [1.807, 2.05) is 36.1 Å². The Hall–Kier alpha value is -1.59. The van der Waals surface area contributed by atoms with Crippen molar-refractivity contribution in [3.05, 3.63) is 29.8 Å². The van der Waals surface area contributed by atoms with Crippen LogP contribution in [-0.4, -0.2) is 54.4 Å². The molecular weight excluding hydrogens is 256 g/mol. The van der Waals surface area contributed by atoms with Gasteiger partial charge in [0, 0.05) is 25.3 Å².